The quantitative estimate of drug-likeness (QED) is 0.869. The number of piperidine rings is 1. The van der Waals surface area contributed by atoms with Crippen LogP contribution >= 0.6 is 23.4 Å². The number of nitrogens with one attached hydrogen (secondary N) is 1. The molecule has 19 heavy (non-hydrogen) atoms. The van der Waals surface area contributed by atoms with Gasteiger partial charge in [0.15, 0.2) is 6.61 Å². The second-order valence-electron chi connectivity index (χ2n) is 4.49. The number of amides is 1. The van der Waals surface area contributed by atoms with Gasteiger partial charge in [-0.3, -0.25) is 4.79 Å². The zero-order valence-corrected chi connectivity index (χ0v) is 12.0. The largest absolute Gasteiger partial charge is 0.484 e. The highest BCUT2D eigenvalue weighted by Crippen LogP contribution is 2.15. The fraction of sp³-hybridized carbons (Fsp3) is 0.462. The van der Waals surface area contributed by atoms with Crippen molar-refractivity contribution in [2.45, 2.75) is 18.9 Å². The summed E-state index contributed by atoms with van der Waals surface area (Å²) in [6.45, 7) is 1.61. The van der Waals surface area contributed by atoms with E-state index >= 15 is 0 Å². The van der Waals surface area contributed by atoms with Crippen LogP contribution in [0.4, 0.5) is 0 Å². The molecule has 1 aliphatic rings. The molecule has 0 saturated carbocycles. The number of benzene rings is 1. The Bertz CT molecular complexity index is 417. The van der Waals surface area contributed by atoms with E-state index < -0.39 is 0 Å². The molecule has 0 unspecified atom stereocenters. The molecular formula is C13H16Cl2N2O2. The molecule has 2 rings (SSSR count). The van der Waals surface area contributed by atoms with E-state index in [0.717, 1.165) is 25.9 Å². The van der Waals surface area contributed by atoms with Crippen LogP contribution in [-0.4, -0.2) is 36.1 Å². The molecule has 104 valence electrons. The molecule has 1 heterocycles. The second-order valence-corrected chi connectivity index (χ2v) is 5.41. The number of ether oxygens (including phenoxy) is 1. The summed E-state index contributed by atoms with van der Waals surface area (Å²) in [7, 11) is 0. The Labute approximate surface area is 122 Å². The molecule has 0 atom stereocenters. The van der Waals surface area contributed by atoms with Crippen LogP contribution in [0.1, 0.15) is 12.8 Å². The Kier molecular flexibility index (Phi) is 5.31. The Morgan fingerprint density at radius 3 is 2.58 bits per heavy atom. The first-order valence-corrected chi connectivity index (χ1v) is 6.93. The summed E-state index contributed by atoms with van der Waals surface area (Å²) in [4.78, 5) is 11.7. The Morgan fingerprint density at radius 2 is 1.95 bits per heavy atom. The van der Waals surface area contributed by atoms with Gasteiger partial charge in [0.25, 0.3) is 5.91 Å². The average molecular weight is 303 g/mol. The lowest BCUT2D eigenvalue weighted by Crippen LogP contribution is -2.43. The minimum Gasteiger partial charge on any atom is -0.484 e. The molecule has 0 spiro atoms. The van der Waals surface area contributed by atoms with Gasteiger partial charge >= 0.3 is 0 Å². The van der Waals surface area contributed by atoms with E-state index in [1.54, 1.807) is 28.7 Å². The molecule has 0 bridgehead atoms. The molecule has 4 nitrogen and oxygen atoms in total. The van der Waals surface area contributed by atoms with E-state index in [4.69, 9.17) is 28.1 Å². The van der Waals surface area contributed by atoms with Gasteiger partial charge in [0.2, 0.25) is 0 Å². The van der Waals surface area contributed by atoms with Gasteiger partial charge in [-0.05, 0) is 48.9 Å². The monoisotopic (exact) mass is 302 g/mol. The van der Waals surface area contributed by atoms with Gasteiger partial charge in [0, 0.05) is 24.2 Å². The fourth-order valence-corrected chi connectivity index (χ4v) is 2.26. The van der Waals surface area contributed by atoms with Gasteiger partial charge in [-0.2, -0.15) is 0 Å². The minimum atomic E-state index is -0.108. The smallest absolute Gasteiger partial charge is 0.258 e. The molecule has 6 heteroatoms. The van der Waals surface area contributed by atoms with E-state index in [1.807, 2.05) is 0 Å². The van der Waals surface area contributed by atoms with E-state index in [-0.39, 0.29) is 18.6 Å². The zero-order valence-electron chi connectivity index (χ0n) is 10.4. The zero-order chi connectivity index (χ0) is 13.7. The van der Waals surface area contributed by atoms with Crippen molar-refractivity contribution in [2.75, 3.05) is 19.7 Å². The van der Waals surface area contributed by atoms with E-state index in [9.17, 15) is 4.79 Å². The number of halogens is 2. The highest BCUT2D eigenvalue weighted by Gasteiger charge is 2.19. The Hall–Kier alpha value is -0.970. The van der Waals surface area contributed by atoms with Crippen LogP contribution in [0.15, 0.2) is 24.3 Å². The Morgan fingerprint density at radius 1 is 1.32 bits per heavy atom. The molecule has 1 aromatic carbocycles. The summed E-state index contributed by atoms with van der Waals surface area (Å²) >= 11 is 11.6. The molecule has 0 aliphatic carbocycles. The van der Waals surface area contributed by atoms with Gasteiger partial charge < -0.3 is 10.1 Å². The van der Waals surface area contributed by atoms with E-state index in [1.165, 1.54) is 0 Å². The average Bonchev–Trinajstić information content (AvgIpc) is 2.41. The van der Waals surface area contributed by atoms with Crippen LogP contribution in [0, 0.1) is 0 Å². The highest BCUT2D eigenvalue weighted by atomic mass is 35.5. The number of hydrogen-bond donors (Lipinski definition) is 1. The molecule has 1 N–H and O–H groups in total. The third-order valence-electron chi connectivity index (χ3n) is 2.99. The summed E-state index contributed by atoms with van der Waals surface area (Å²) in [5, 5.41) is 3.59. The molecule has 0 aromatic heterocycles. The molecule has 1 saturated heterocycles. The van der Waals surface area contributed by atoms with Crippen molar-refractivity contribution in [3.05, 3.63) is 29.3 Å². The van der Waals surface area contributed by atoms with Crippen molar-refractivity contribution in [3.63, 3.8) is 0 Å². The number of nitrogens with zero attached hydrogens (tertiary/aromatic N) is 1. The van der Waals surface area contributed by atoms with Crippen LogP contribution in [0.3, 0.4) is 0 Å². The normalized spacial score (nSPS) is 17.2. The minimum absolute atomic E-state index is 0.0166. The highest BCUT2D eigenvalue weighted by molar-refractivity contribution is 6.30. The first-order chi connectivity index (χ1) is 9.13. The van der Waals surface area contributed by atoms with Gasteiger partial charge in [0.05, 0.1) is 0 Å². The van der Waals surface area contributed by atoms with Crippen LogP contribution in [0.25, 0.3) is 0 Å². The third-order valence-corrected chi connectivity index (χ3v) is 3.58. The maximum absolute atomic E-state index is 11.7. The van der Waals surface area contributed by atoms with Crippen molar-refractivity contribution in [1.82, 2.24) is 9.74 Å². The summed E-state index contributed by atoms with van der Waals surface area (Å²) in [5.74, 6) is 0.526. The molecule has 0 radical (unpaired) electrons. The van der Waals surface area contributed by atoms with Crippen molar-refractivity contribution >= 4 is 29.3 Å². The number of rotatable bonds is 4. The van der Waals surface area contributed by atoms with Gasteiger partial charge in [-0.1, -0.05) is 11.6 Å². The first-order valence-electron chi connectivity index (χ1n) is 6.22. The van der Waals surface area contributed by atoms with Crippen LogP contribution in [0.2, 0.25) is 5.02 Å². The van der Waals surface area contributed by atoms with Gasteiger partial charge in [0.1, 0.15) is 5.75 Å². The number of carbonyl (C=O) groups is 1. The maximum atomic E-state index is 11.7. The summed E-state index contributed by atoms with van der Waals surface area (Å²) in [6, 6.07) is 7.12. The van der Waals surface area contributed by atoms with E-state index in [2.05, 4.69) is 5.32 Å². The van der Waals surface area contributed by atoms with Crippen molar-refractivity contribution in [3.8, 4) is 5.75 Å². The molecular weight excluding hydrogens is 287 g/mol. The maximum Gasteiger partial charge on any atom is 0.258 e. The lowest BCUT2D eigenvalue weighted by atomic mass is 10.1. The summed E-state index contributed by atoms with van der Waals surface area (Å²) < 4.78 is 7.12. The van der Waals surface area contributed by atoms with Crippen molar-refractivity contribution in [1.29, 1.82) is 0 Å². The third kappa shape index (κ3) is 4.90. The van der Waals surface area contributed by atoms with Crippen LogP contribution in [0.5, 0.6) is 5.75 Å². The van der Waals surface area contributed by atoms with Crippen LogP contribution in [-0.2, 0) is 4.79 Å². The lowest BCUT2D eigenvalue weighted by Gasteiger charge is -2.27. The fourth-order valence-electron chi connectivity index (χ4n) is 1.94. The standard InChI is InChI=1S/C13H16Cl2N2O2/c14-10-1-3-12(4-2-10)19-9-13(18)16-11-5-7-17(15)8-6-11/h1-4,11H,5-9H2,(H,16,18). The number of carbonyl (C=O) groups excluding carboxylic acids is 1. The topological polar surface area (TPSA) is 41.6 Å². The predicted octanol–water partition coefficient (Wildman–Crippen LogP) is 2.45. The second kappa shape index (κ2) is 6.98. The molecule has 1 aliphatic heterocycles. The van der Waals surface area contributed by atoms with Crippen molar-refractivity contribution < 1.29 is 9.53 Å². The van der Waals surface area contributed by atoms with Gasteiger partial charge in [-0.15, -0.1) is 0 Å². The molecule has 1 amide bonds. The molecule has 1 aromatic rings. The Balaban J connectivity index is 1.71. The van der Waals surface area contributed by atoms with Crippen LogP contribution < -0.4 is 10.1 Å². The number of hydrogen-bond acceptors (Lipinski definition) is 3. The van der Waals surface area contributed by atoms with E-state index in [0.29, 0.717) is 10.8 Å². The molecule has 1 fully saturated rings. The SMILES string of the molecule is O=C(COc1ccc(Cl)cc1)NC1CCN(Cl)CC1. The summed E-state index contributed by atoms with van der Waals surface area (Å²) in [6.07, 6.45) is 1.74. The first kappa shape index (κ1) is 14.4. The lowest BCUT2D eigenvalue weighted by molar-refractivity contribution is -0.124. The van der Waals surface area contributed by atoms with Gasteiger partial charge in [-0.25, -0.2) is 4.42 Å². The predicted molar refractivity (Wildman–Crippen MR) is 75.5 cm³/mol. The van der Waals surface area contributed by atoms with Crippen molar-refractivity contribution in [2.24, 2.45) is 0 Å². The summed E-state index contributed by atoms with van der Waals surface area (Å²) in [5.41, 5.74) is 0.